The highest BCUT2D eigenvalue weighted by atomic mass is 16.6. The van der Waals surface area contributed by atoms with Crippen LogP contribution < -0.4 is 11.1 Å². The first-order chi connectivity index (χ1) is 8.15. The van der Waals surface area contributed by atoms with Gasteiger partial charge in [-0.05, 0) is 12.0 Å². The lowest BCUT2D eigenvalue weighted by molar-refractivity contribution is -0.119. The maximum absolute atomic E-state index is 11.3. The van der Waals surface area contributed by atoms with Crippen molar-refractivity contribution in [3.8, 4) is 0 Å². The summed E-state index contributed by atoms with van der Waals surface area (Å²) < 4.78 is 4.92. The molecule has 0 aliphatic carbocycles. The van der Waals surface area contributed by atoms with Crippen LogP contribution in [0, 0.1) is 0 Å². The van der Waals surface area contributed by atoms with Gasteiger partial charge >= 0.3 is 6.09 Å². The molecule has 1 heterocycles. The summed E-state index contributed by atoms with van der Waals surface area (Å²) in [5, 5.41) is 2.79. The SMILES string of the molecule is NC(=O)O[C@@H]1CC(=O)N[C@H]1Cc1ccccc1. The Morgan fingerprint density at radius 1 is 1.41 bits per heavy atom. The van der Waals surface area contributed by atoms with Crippen LogP contribution in [0.3, 0.4) is 0 Å². The lowest BCUT2D eigenvalue weighted by atomic mass is 10.0. The minimum Gasteiger partial charge on any atom is -0.444 e. The van der Waals surface area contributed by atoms with Gasteiger partial charge in [-0.15, -0.1) is 0 Å². The molecule has 2 amide bonds. The molecule has 0 spiro atoms. The predicted molar refractivity (Wildman–Crippen MR) is 61.2 cm³/mol. The molecule has 17 heavy (non-hydrogen) atoms. The van der Waals surface area contributed by atoms with Crippen molar-refractivity contribution in [2.45, 2.75) is 25.0 Å². The Morgan fingerprint density at radius 2 is 2.12 bits per heavy atom. The van der Waals surface area contributed by atoms with Gasteiger partial charge in [0.25, 0.3) is 0 Å². The van der Waals surface area contributed by atoms with Gasteiger partial charge in [-0.3, -0.25) is 4.79 Å². The van der Waals surface area contributed by atoms with Crippen molar-refractivity contribution in [1.82, 2.24) is 5.32 Å². The Hall–Kier alpha value is -2.04. The fourth-order valence-corrected chi connectivity index (χ4v) is 2.01. The molecule has 0 unspecified atom stereocenters. The Balaban J connectivity index is 2.03. The summed E-state index contributed by atoms with van der Waals surface area (Å²) in [5.41, 5.74) is 6.05. The molecule has 1 saturated heterocycles. The second-order valence-electron chi connectivity index (χ2n) is 4.04. The molecule has 0 saturated carbocycles. The molecule has 1 fully saturated rings. The number of carbonyl (C=O) groups is 2. The van der Waals surface area contributed by atoms with Gasteiger partial charge in [-0.1, -0.05) is 30.3 Å². The summed E-state index contributed by atoms with van der Waals surface area (Å²) in [4.78, 5) is 22.0. The summed E-state index contributed by atoms with van der Waals surface area (Å²) in [5.74, 6) is -0.114. The molecule has 1 aromatic carbocycles. The first-order valence-corrected chi connectivity index (χ1v) is 5.44. The molecule has 3 N–H and O–H groups in total. The third-order valence-electron chi connectivity index (χ3n) is 2.75. The van der Waals surface area contributed by atoms with Gasteiger partial charge in [0.05, 0.1) is 12.5 Å². The lowest BCUT2D eigenvalue weighted by Gasteiger charge is -2.18. The number of nitrogens with one attached hydrogen (secondary N) is 1. The van der Waals surface area contributed by atoms with Crippen molar-refractivity contribution < 1.29 is 14.3 Å². The quantitative estimate of drug-likeness (QED) is 0.802. The van der Waals surface area contributed by atoms with Gasteiger partial charge in [0.1, 0.15) is 6.10 Å². The van der Waals surface area contributed by atoms with Crippen LogP contribution in [0.25, 0.3) is 0 Å². The third kappa shape index (κ3) is 2.96. The van der Waals surface area contributed by atoms with Gasteiger partial charge in [-0.25, -0.2) is 4.79 Å². The van der Waals surface area contributed by atoms with Gasteiger partial charge in [0.2, 0.25) is 5.91 Å². The minimum absolute atomic E-state index is 0.114. The van der Waals surface area contributed by atoms with E-state index in [4.69, 9.17) is 10.5 Å². The standard InChI is InChI=1S/C12H14N2O3/c13-12(16)17-10-7-11(15)14-9(10)6-8-4-2-1-3-5-8/h1-5,9-10H,6-7H2,(H2,13,16)(H,14,15)/t9-,10+/m0/s1. The average molecular weight is 234 g/mol. The van der Waals surface area contributed by atoms with Crippen molar-refractivity contribution in [2.24, 2.45) is 5.73 Å². The fraction of sp³-hybridized carbons (Fsp3) is 0.333. The number of ether oxygens (including phenoxy) is 1. The zero-order valence-corrected chi connectivity index (χ0v) is 9.26. The van der Waals surface area contributed by atoms with Crippen molar-refractivity contribution in [3.63, 3.8) is 0 Å². The summed E-state index contributed by atoms with van der Waals surface area (Å²) in [6.07, 6.45) is -0.505. The molecular weight excluding hydrogens is 220 g/mol. The number of hydrogen-bond donors (Lipinski definition) is 2. The van der Waals surface area contributed by atoms with E-state index in [1.807, 2.05) is 30.3 Å². The Kier molecular flexibility index (Phi) is 3.27. The normalized spacial score (nSPS) is 23.2. The number of nitrogens with two attached hydrogens (primary N) is 1. The van der Waals surface area contributed by atoms with Crippen molar-refractivity contribution >= 4 is 12.0 Å². The van der Waals surface area contributed by atoms with Crippen LogP contribution in [0.1, 0.15) is 12.0 Å². The Bertz CT molecular complexity index is 419. The number of rotatable bonds is 3. The molecule has 5 nitrogen and oxygen atoms in total. The maximum Gasteiger partial charge on any atom is 0.404 e. The number of carbonyl (C=O) groups excluding carboxylic acids is 2. The van der Waals surface area contributed by atoms with E-state index < -0.39 is 12.2 Å². The summed E-state index contributed by atoms with van der Waals surface area (Å²) in [6.45, 7) is 0. The molecule has 1 aromatic rings. The summed E-state index contributed by atoms with van der Waals surface area (Å²) >= 11 is 0. The van der Waals surface area contributed by atoms with Crippen LogP contribution in [0.15, 0.2) is 30.3 Å². The summed E-state index contributed by atoms with van der Waals surface area (Å²) in [6, 6.07) is 9.51. The Morgan fingerprint density at radius 3 is 2.76 bits per heavy atom. The maximum atomic E-state index is 11.3. The zero-order valence-electron chi connectivity index (χ0n) is 9.26. The van der Waals surface area contributed by atoms with Crippen LogP contribution in [-0.4, -0.2) is 24.1 Å². The molecule has 2 rings (SSSR count). The van der Waals surface area contributed by atoms with E-state index in [0.29, 0.717) is 6.42 Å². The number of amides is 2. The smallest absolute Gasteiger partial charge is 0.404 e. The highest BCUT2D eigenvalue weighted by Crippen LogP contribution is 2.17. The van der Waals surface area contributed by atoms with E-state index in [-0.39, 0.29) is 18.4 Å². The molecule has 1 aliphatic rings. The zero-order chi connectivity index (χ0) is 12.3. The summed E-state index contributed by atoms with van der Waals surface area (Å²) in [7, 11) is 0. The third-order valence-corrected chi connectivity index (χ3v) is 2.75. The van der Waals surface area contributed by atoms with Gasteiger partial charge in [0, 0.05) is 0 Å². The molecule has 1 aliphatic heterocycles. The van der Waals surface area contributed by atoms with Crippen LogP contribution in [0.2, 0.25) is 0 Å². The van der Waals surface area contributed by atoms with Crippen LogP contribution in [0.5, 0.6) is 0 Å². The van der Waals surface area contributed by atoms with E-state index in [2.05, 4.69) is 5.32 Å². The van der Waals surface area contributed by atoms with E-state index in [0.717, 1.165) is 5.56 Å². The van der Waals surface area contributed by atoms with E-state index in [1.165, 1.54) is 0 Å². The molecule has 0 aromatic heterocycles. The molecule has 90 valence electrons. The number of benzene rings is 1. The van der Waals surface area contributed by atoms with Crippen LogP contribution in [-0.2, 0) is 16.0 Å². The molecule has 0 radical (unpaired) electrons. The lowest BCUT2D eigenvalue weighted by Crippen LogP contribution is -2.37. The first-order valence-electron chi connectivity index (χ1n) is 5.44. The number of primary amides is 1. The minimum atomic E-state index is -0.843. The first kappa shape index (κ1) is 11.4. The number of hydrogen-bond acceptors (Lipinski definition) is 3. The van der Waals surface area contributed by atoms with E-state index >= 15 is 0 Å². The monoisotopic (exact) mass is 234 g/mol. The van der Waals surface area contributed by atoms with Crippen LogP contribution >= 0.6 is 0 Å². The molecule has 5 heteroatoms. The van der Waals surface area contributed by atoms with E-state index in [1.54, 1.807) is 0 Å². The van der Waals surface area contributed by atoms with Crippen molar-refractivity contribution in [2.75, 3.05) is 0 Å². The molecular formula is C12H14N2O3. The molecule has 2 atom stereocenters. The van der Waals surface area contributed by atoms with Gasteiger partial charge in [-0.2, -0.15) is 0 Å². The highest BCUT2D eigenvalue weighted by molar-refractivity contribution is 5.80. The molecule has 0 bridgehead atoms. The van der Waals surface area contributed by atoms with E-state index in [9.17, 15) is 9.59 Å². The van der Waals surface area contributed by atoms with Crippen LogP contribution in [0.4, 0.5) is 4.79 Å². The van der Waals surface area contributed by atoms with Crippen molar-refractivity contribution in [1.29, 1.82) is 0 Å². The van der Waals surface area contributed by atoms with Gasteiger partial charge in [0.15, 0.2) is 0 Å². The highest BCUT2D eigenvalue weighted by Gasteiger charge is 2.34. The fourth-order valence-electron chi connectivity index (χ4n) is 2.01. The predicted octanol–water partition coefficient (Wildman–Crippen LogP) is 0.581. The second kappa shape index (κ2) is 4.86. The van der Waals surface area contributed by atoms with Gasteiger partial charge < -0.3 is 15.8 Å². The average Bonchev–Trinajstić information content (AvgIpc) is 2.59. The second-order valence-corrected chi connectivity index (χ2v) is 4.04. The largest absolute Gasteiger partial charge is 0.444 e. The van der Waals surface area contributed by atoms with Crippen molar-refractivity contribution in [3.05, 3.63) is 35.9 Å². The Labute approximate surface area is 98.9 Å². The topological polar surface area (TPSA) is 81.4 Å².